The van der Waals surface area contributed by atoms with Crippen molar-refractivity contribution in [2.75, 3.05) is 20.8 Å². The Morgan fingerprint density at radius 2 is 1.77 bits per heavy atom. The smallest absolute Gasteiger partial charge is 0.336 e. The van der Waals surface area contributed by atoms with E-state index < -0.39 is 5.97 Å². The van der Waals surface area contributed by atoms with E-state index in [2.05, 4.69) is 4.98 Å². The summed E-state index contributed by atoms with van der Waals surface area (Å²) in [6, 6.07) is 12.3. The monoisotopic (exact) mass is 353 g/mol. The molecule has 1 aromatic heterocycles. The van der Waals surface area contributed by atoms with Gasteiger partial charge in [-0.2, -0.15) is 0 Å². The van der Waals surface area contributed by atoms with Crippen LogP contribution in [0.4, 0.5) is 0 Å². The third-order valence-electron chi connectivity index (χ3n) is 3.99. The molecule has 3 aromatic rings. The van der Waals surface area contributed by atoms with Crippen molar-refractivity contribution in [3.8, 4) is 28.5 Å². The van der Waals surface area contributed by atoms with E-state index in [1.807, 2.05) is 31.2 Å². The topological polar surface area (TPSA) is 77.9 Å². The lowest BCUT2D eigenvalue weighted by Crippen LogP contribution is -2.02. The van der Waals surface area contributed by atoms with Gasteiger partial charge in [-0.3, -0.25) is 0 Å². The molecule has 3 rings (SSSR count). The summed E-state index contributed by atoms with van der Waals surface area (Å²) in [5, 5.41) is 10.1. The second kappa shape index (κ2) is 7.31. The van der Waals surface area contributed by atoms with Gasteiger partial charge in [0, 0.05) is 17.7 Å². The van der Waals surface area contributed by atoms with Crippen molar-refractivity contribution < 1.29 is 24.1 Å². The van der Waals surface area contributed by atoms with Crippen LogP contribution >= 0.6 is 0 Å². The van der Waals surface area contributed by atoms with Gasteiger partial charge in [-0.05, 0) is 37.3 Å². The fourth-order valence-corrected chi connectivity index (χ4v) is 2.79. The van der Waals surface area contributed by atoms with Gasteiger partial charge < -0.3 is 19.3 Å². The van der Waals surface area contributed by atoms with E-state index >= 15 is 0 Å². The first-order valence-corrected chi connectivity index (χ1v) is 8.10. The molecule has 0 bridgehead atoms. The minimum atomic E-state index is -1.05. The highest BCUT2D eigenvalue weighted by atomic mass is 16.5. The number of ether oxygens (including phenoxy) is 3. The van der Waals surface area contributed by atoms with E-state index in [0.29, 0.717) is 34.7 Å². The molecule has 134 valence electrons. The molecule has 1 N–H and O–H groups in total. The molecule has 0 atom stereocenters. The normalized spacial score (nSPS) is 10.6. The van der Waals surface area contributed by atoms with Crippen LogP contribution in [-0.2, 0) is 0 Å². The Bertz CT molecular complexity index is 951. The van der Waals surface area contributed by atoms with Crippen LogP contribution in [0.3, 0.4) is 0 Å². The van der Waals surface area contributed by atoms with Gasteiger partial charge in [0.05, 0.1) is 43.0 Å². The van der Waals surface area contributed by atoms with Gasteiger partial charge in [-0.25, -0.2) is 9.78 Å². The molecule has 0 radical (unpaired) electrons. The fraction of sp³-hybridized carbons (Fsp3) is 0.200. The number of fused-ring (bicyclic) bond motifs is 1. The molecule has 6 heteroatoms. The number of hydrogen-bond donors (Lipinski definition) is 1. The lowest BCUT2D eigenvalue weighted by Gasteiger charge is -2.13. The van der Waals surface area contributed by atoms with E-state index in [-0.39, 0.29) is 5.56 Å². The quantitative estimate of drug-likeness (QED) is 0.721. The van der Waals surface area contributed by atoms with Crippen LogP contribution in [0.5, 0.6) is 17.2 Å². The van der Waals surface area contributed by atoms with E-state index in [0.717, 1.165) is 11.3 Å². The Morgan fingerprint density at radius 1 is 1.04 bits per heavy atom. The van der Waals surface area contributed by atoms with Gasteiger partial charge in [0.15, 0.2) is 0 Å². The van der Waals surface area contributed by atoms with E-state index in [1.165, 1.54) is 14.2 Å². The molecule has 0 aliphatic rings. The summed E-state index contributed by atoms with van der Waals surface area (Å²) in [4.78, 5) is 16.4. The van der Waals surface area contributed by atoms with Crippen LogP contribution < -0.4 is 14.2 Å². The summed E-state index contributed by atoms with van der Waals surface area (Å²) in [5.74, 6) is 0.649. The second-order valence-corrected chi connectivity index (χ2v) is 5.54. The number of carboxylic acids is 1. The predicted molar refractivity (Wildman–Crippen MR) is 98.4 cm³/mol. The second-order valence-electron chi connectivity index (χ2n) is 5.54. The van der Waals surface area contributed by atoms with Crippen molar-refractivity contribution >= 4 is 16.9 Å². The first kappa shape index (κ1) is 17.5. The van der Waals surface area contributed by atoms with Crippen LogP contribution in [0.15, 0.2) is 42.5 Å². The maximum absolute atomic E-state index is 11.8. The van der Waals surface area contributed by atoms with Crippen molar-refractivity contribution in [1.82, 2.24) is 4.98 Å². The summed E-state index contributed by atoms with van der Waals surface area (Å²) < 4.78 is 16.1. The van der Waals surface area contributed by atoms with Crippen molar-refractivity contribution in [3.05, 3.63) is 48.0 Å². The van der Waals surface area contributed by atoms with Crippen molar-refractivity contribution in [2.45, 2.75) is 6.92 Å². The minimum absolute atomic E-state index is 0.124. The summed E-state index contributed by atoms with van der Waals surface area (Å²) >= 11 is 0. The van der Waals surface area contributed by atoms with Gasteiger partial charge in [0.25, 0.3) is 0 Å². The van der Waals surface area contributed by atoms with E-state index in [1.54, 1.807) is 18.2 Å². The first-order valence-electron chi connectivity index (χ1n) is 8.10. The Kier molecular flexibility index (Phi) is 4.93. The molecule has 1 heterocycles. The number of aromatic nitrogens is 1. The van der Waals surface area contributed by atoms with Crippen LogP contribution in [0.2, 0.25) is 0 Å². The number of nitrogens with zero attached hydrogens (tertiary/aromatic N) is 1. The van der Waals surface area contributed by atoms with Crippen LogP contribution in [0.25, 0.3) is 22.2 Å². The number of methoxy groups -OCH3 is 2. The number of carboxylic acid groups (broad SMARTS) is 1. The Morgan fingerprint density at radius 3 is 2.35 bits per heavy atom. The van der Waals surface area contributed by atoms with Crippen LogP contribution in [-0.4, -0.2) is 36.9 Å². The molecule has 0 unspecified atom stereocenters. The van der Waals surface area contributed by atoms with Gasteiger partial charge in [0.1, 0.15) is 17.2 Å². The number of benzene rings is 2. The molecular formula is C20H19NO5. The molecule has 2 aromatic carbocycles. The number of pyridine rings is 1. The molecule has 6 nitrogen and oxygen atoms in total. The zero-order valence-corrected chi connectivity index (χ0v) is 14.8. The summed E-state index contributed by atoms with van der Waals surface area (Å²) in [7, 11) is 3.02. The summed E-state index contributed by atoms with van der Waals surface area (Å²) in [6.07, 6.45) is 0. The number of carbonyl (C=O) groups is 1. The third-order valence-corrected chi connectivity index (χ3v) is 3.99. The maximum Gasteiger partial charge on any atom is 0.336 e. The van der Waals surface area contributed by atoms with Crippen LogP contribution in [0, 0.1) is 0 Å². The van der Waals surface area contributed by atoms with Gasteiger partial charge in [0.2, 0.25) is 0 Å². The van der Waals surface area contributed by atoms with E-state index in [9.17, 15) is 9.90 Å². The molecule has 0 aliphatic carbocycles. The first-order chi connectivity index (χ1) is 12.6. The van der Waals surface area contributed by atoms with Gasteiger partial charge >= 0.3 is 5.97 Å². The van der Waals surface area contributed by atoms with Gasteiger partial charge in [-0.1, -0.05) is 0 Å². The Hall–Kier alpha value is -3.28. The SMILES string of the molecule is CCOc1ccc(-c2cc(C(=O)O)c3c(OC)cc(OC)cc3n2)cc1. The largest absolute Gasteiger partial charge is 0.497 e. The number of hydrogen-bond acceptors (Lipinski definition) is 5. The van der Waals surface area contributed by atoms with Crippen molar-refractivity contribution in [2.24, 2.45) is 0 Å². The zero-order valence-electron chi connectivity index (χ0n) is 14.8. The molecule has 0 spiro atoms. The molecule has 0 amide bonds. The average Bonchev–Trinajstić information content (AvgIpc) is 2.66. The lowest BCUT2D eigenvalue weighted by atomic mass is 10.0. The molecular weight excluding hydrogens is 334 g/mol. The summed E-state index contributed by atoms with van der Waals surface area (Å²) in [5.41, 5.74) is 1.95. The molecule has 0 saturated carbocycles. The fourth-order valence-electron chi connectivity index (χ4n) is 2.79. The molecule has 0 saturated heterocycles. The standard InChI is InChI=1S/C20H19NO5/c1-4-26-13-7-5-12(6-8-13)16-11-15(20(22)23)19-17(21-16)9-14(24-2)10-18(19)25-3/h5-11H,4H2,1-3H3,(H,22,23). The minimum Gasteiger partial charge on any atom is -0.497 e. The highest BCUT2D eigenvalue weighted by Gasteiger charge is 2.18. The Balaban J connectivity index is 2.22. The highest BCUT2D eigenvalue weighted by Crippen LogP contribution is 2.35. The number of rotatable bonds is 6. The summed E-state index contributed by atoms with van der Waals surface area (Å²) in [6.45, 7) is 2.50. The van der Waals surface area contributed by atoms with Crippen molar-refractivity contribution in [1.29, 1.82) is 0 Å². The predicted octanol–water partition coefficient (Wildman–Crippen LogP) is 4.02. The van der Waals surface area contributed by atoms with Crippen molar-refractivity contribution in [3.63, 3.8) is 0 Å². The van der Waals surface area contributed by atoms with E-state index in [4.69, 9.17) is 14.2 Å². The molecule has 26 heavy (non-hydrogen) atoms. The molecule has 0 fully saturated rings. The average molecular weight is 353 g/mol. The highest BCUT2D eigenvalue weighted by molar-refractivity contribution is 6.06. The number of aromatic carboxylic acids is 1. The molecule has 0 aliphatic heterocycles. The zero-order chi connectivity index (χ0) is 18.7. The third kappa shape index (κ3) is 3.26. The maximum atomic E-state index is 11.8. The van der Waals surface area contributed by atoms with Gasteiger partial charge in [-0.15, -0.1) is 0 Å². The van der Waals surface area contributed by atoms with Crippen LogP contribution in [0.1, 0.15) is 17.3 Å². The lowest BCUT2D eigenvalue weighted by molar-refractivity contribution is 0.0698. The Labute approximate surface area is 151 Å².